The van der Waals surface area contributed by atoms with E-state index in [1.165, 1.54) is 0 Å². The van der Waals surface area contributed by atoms with Gasteiger partial charge in [-0.3, -0.25) is 4.90 Å². The highest BCUT2D eigenvalue weighted by molar-refractivity contribution is 5.00. The molecule has 1 aromatic rings. The predicted molar refractivity (Wildman–Crippen MR) is 60.6 cm³/mol. The standard InChI is InChI=1S/C12H17N3O/c1-10-7-14-11(4-5-13)8-15(10)9-12-3-2-6-16-12/h2-3,6,10-11,14H,4,7-9H2,1H3. The lowest BCUT2D eigenvalue weighted by Crippen LogP contribution is -2.54. The Balaban J connectivity index is 1.94. The van der Waals surface area contributed by atoms with E-state index in [4.69, 9.17) is 9.68 Å². The molecule has 0 aromatic carbocycles. The van der Waals surface area contributed by atoms with Crippen LogP contribution >= 0.6 is 0 Å². The largest absolute Gasteiger partial charge is 0.468 e. The molecule has 1 aliphatic heterocycles. The van der Waals surface area contributed by atoms with Crippen molar-refractivity contribution < 1.29 is 4.42 Å². The summed E-state index contributed by atoms with van der Waals surface area (Å²) in [5.41, 5.74) is 0. The van der Waals surface area contributed by atoms with Crippen molar-refractivity contribution in [2.75, 3.05) is 13.1 Å². The highest BCUT2D eigenvalue weighted by Crippen LogP contribution is 2.13. The van der Waals surface area contributed by atoms with Gasteiger partial charge in [0.05, 0.1) is 25.3 Å². The van der Waals surface area contributed by atoms with Gasteiger partial charge in [-0.25, -0.2) is 0 Å². The third-order valence-corrected chi connectivity index (χ3v) is 3.06. The molecule has 1 aromatic heterocycles. The van der Waals surface area contributed by atoms with Crippen molar-refractivity contribution in [1.29, 1.82) is 5.26 Å². The second-order valence-electron chi connectivity index (χ2n) is 4.33. The molecule has 2 unspecified atom stereocenters. The molecule has 1 N–H and O–H groups in total. The van der Waals surface area contributed by atoms with E-state index in [0.717, 1.165) is 25.4 Å². The van der Waals surface area contributed by atoms with Crippen LogP contribution in [-0.4, -0.2) is 30.1 Å². The van der Waals surface area contributed by atoms with Crippen LogP contribution in [0.3, 0.4) is 0 Å². The van der Waals surface area contributed by atoms with E-state index in [1.54, 1.807) is 6.26 Å². The highest BCUT2D eigenvalue weighted by Gasteiger charge is 2.25. The summed E-state index contributed by atoms with van der Waals surface area (Å²) in [5, 5.41) is 12.1. The lowest BCUT2D eigenvalue weighted by molar-refractivity contribution is 0.125. The van der Waals surface area contributed by atoms with Crippen LogP contribution in [0.2, 0.25) is 0 Å². The number of nitrogens with zero attached hydrogens (tertiary/aromatic N) is 2. The van der Waals surface area contributed by atoms with E-state index in [0.29, 0.717) is 12.5 Å². The molecular formula is C12H17N3O. The number of nitrogens with one attached hydrogen (secondary N) is 1. The van der Waals surface area contributed by atoms with Crippen LogP contribution in [0.25, 0.3) is 0 Å². The summed E-state index contributed by atoms with van der Waals surface area (Å²) < 4.78 is 5.35. The summed E-state index contributed by atoms with van der Waals surface area (Å²) in [7, 11) is 0. The second-order valence-corrected chi connectivity index (χ2v) is 4.33. The van der Waals surface area contributed by atoms with E-state index in [9.17, 15) is 0 Å². The van der Waals surface area contributed by atoms with E-state index in [-0.39, 0.29) is 6.04 Å². The number of piperazine rings is 1. The summed E-state index contributed by atoms with van der Waals surface area (Å²) in [5.74, 6) is 0.990. The molecule has 0 saturated carbocycles. The van der Waals surface area contributed by atoms with Gasteiger partial charge in [-0.15, -0.1) is 0 Å². The maximum Gasteiger partial charge on any atom is 0.117 e. The lowest BCUT2D eigenvalue weighted by Gasteiger charge is -2.37. The minimum Gasteiger partial charge on any atom is -0.468 e. The van der Waals surface area contributed by atoms with Crippen molar-refractivity contribution in [2.24, 2.45) is 0 Å². The molecule has 16 heavy (non-hydrogen) atoms. The number of rotatable bonds is 3. The fourth-order valence-corrected chi connectivity index (χ4v) is 2.06. The van der Waals surface area contributed by atoms with Gasteiger partial charge in [0.2, 0.25) is 0 Å². The number of nitriles is 1. The van der Waals surface area contributed by atoms with Gasteiger partial charge in [0.1, 0.15) is 5.76 Å². The molecule has 0 aliphatic carbocycles. The van der Waals surface area contributed by atoms with Crippen LogP contribution in [0.1, 0.15) is 19.1 Å². The zero-order valence-corrected chi connectivity index (χ0v) is 9.52. The molecule has 0 amide bonds. The Hall–Kier alpha value is -1.31. The predicted octanol–water partition coefficient (Wildman–Crippen LogP) is 1.36. The highest BCUT2D eigenvalue weighted by atomic mass is 16.3. The summed E-state index contributed by atoms with van der Waals surface area (Å²) in [4.78, 5) is 2.36. The Bertz CT molecular complexity index is 355. The van der Waals surface area contributed by atoms with Gasteiger partial charge in [0, 0.05) is 25.2 Å². The zero-order valence-electron chi connectivity index (χ0n) is 9.52. The Morgan fingerprint density at radius 3 is 3.25 bits per heavy atom. The van der Waals surface area contributed by atoms with Crippen molar-refractivity contribution in [3.63, 3.8) is 0 Å². The van der Waals surface area contributed by atoms with Gasteiger partial charge >= 0.3 is 0 Å². The Morgan fingerprint density at radius 2 is 2.56 bits per heavy atom. The van der Waals surface area contributed by atoms with Crippen molar-refractivity contribution in [1.82, 2.24) is 10.2 Å². The summed E-state index contributed by atoms with van der Waals surface area (Å²) in [6, 6.07) is 6.90. The quantitative estimate of drug-likeness (QED) is 0.834. The van der Waals surface area contributed by atoms with Crippen LogP contribution in [0, 0.1) is 11.3 Å². The first kappa shape index (κ1) is 11.2. The number of hydrogen-bond donors (Lipinski definition) is 1. The van der Waals surface area contributed by atoms with Gasteiger partial charge in [0.15, 0.2) is 0 Å². The molecule has 0 spiro atoms. The first-order chi connectivity index (χ1) is 7.79. The van der Waals surface area contributed by atoms with Gasteiger partial charge in [-0.2, -0.15) is 5.26 Å². The van der Waals surface area contributed by atoms with Crippen LogP contribution in [0.4, 0.5) is 0 Å². The molecule has 0 bridgehead atoms. The smallest absolute Gasteiger partial charge is 0.117 e. The average molecular weight is 219 g/mol. The maximum atomic E-state index is 8.70. The van der Waals surface area contributed by atoms with E-state index >= 15 is 0 Å². The van der Waals surface area contributed by atoms with Crippen molar-refractivity contribution in [2.45, 2.75) is 32.0 Å². The molecule has 1 aliphatic rings. The molecule has 2 heterocycles. The molecule has 2 rings (SSSR count). The van der Waals surface area contributed by atoms with Crippen molar-refractivity contribution in [3.8, 4) is 6.07 Å². The molecular weight excluding hydrogens is 202 g/mol. The summed E-state index contributed by atoms with van der Waals surface area (Å²) >= 11 is 0. The first-order valence-electron chi connectivity index (χ1n) is 5.66. The van der Waals surface area contributed by atoms with E-state index in [2.05, 4.69) is 23.2 Å². The summed E-state index contributed by atoms with van der Waals surface area (Å²) in [6.45, 7) is 4.87. The molecule has 1 saturated heterocycles. The van der Waals surface area contributed by atoms with Gasteiger partial charge < -0.3 is 9.73 Å². The number of hydrogen-bond acceptors (Lipinski definition) is 4. The monoisotopic (exact) mass is 219 g/mol. The van der Waals surface area contributed by atoms with Crippen LogP contribution in [-0.2, 0) is 6.54 Å². The second kappa shape index (κ2) is 5.15. The molecule has 0 radical (unpaired) electrons. The van der Waals surface area contributed by atoms with Crippen LogP contribution in [0.15, 0.2) is 22.8 Å². The molecule has 1 fully saturated rings. The van der Waals surface area contributed by atoms with Gasteiger partial charge in [-0.1, -0.05) is 0 Å². The molecule has 4 nitrogen and oxygen atoms in total. The minimum absolute atomic E-state index is 0.288. The molecule has 86 valence electrons. The molecule has 2 atom stereocenters. The van der Waals surface area contributed by atoms with Gasteiger partial charge in [0.25, 0.3) is 0 Å². The lowest BCUT2D eigenvalue weighted by atomic mass is 10.1. The third-order valence-electron chi connectivity index (χ3n) is 3.06. The SMILES string of the molecule is CC1CNC(CC#N)CN1Cc1ccco1. The van der Waals surface area contributed by atoms with Crippen molar-refractivity contribution in [3.05, 3.63) is 24.2 Å². The topological polar surface area (TPSA) is 52.2 Å². The Kier molecular flexibility index (Phi) is 3.60. The normalized spacial score (nSPS) is 26.5. The van der Waals surface area contributed by atoms with Gasteiger partial charge in [-0.05, 0) is 19.1 Å². The molecule has 4 heteroatoms. The van der Waals surface area contributed by atoms with E-state index < -0.39 is 0 Å². The van der Waals surface area contributed by atoms with E-state index in [1.807, 2.05) is 12.1 Å². The van der Waals surface area contributed by atoms with Crippen LogP contribution < -0.4 is 5.32 Å². The zero-order chi connectivity index (χ0) is 11.4. The summed E-state index contributed by atoms with van der Waals surface area (Å²) in [6.07, 6.45) is 2.27. The number of furan rings is 1. The maximum absolute atomic E-state index is 8.70. The fraction of sp³-hybridized carbons (Fsp3) is 0.583. The first-order valence-corrected chi connectivity index (χ1v) is 5.66. The average Bonchev–Trinajstić information content (AvgIpc) is 2.76. The minimum atomic E-state index is 0.288. The fourth-order valence-electron chi connectivity index (χ4n) is 2.06. The Labute approximate surface area is 95.8 Å². The van der Waals surface area contributed by atoms with Crippen molar-refractivity contribution >= 4 is 0 Å². The van der Waals surface area contributed by atoms with Crippen LogP contribution in [0.5, 0.6) is 0 Å². The third kappa shape index (κ3) is 2.63. The Morgan fingerprint density at radius 1 is 1.69 bits per heavy atom.